The van der Waals surface area contributed by atoms with Crippen molar-refractivity contribution in [1.29, 1.82) is 0 Å². The Kier molecular flexibility index (Phi) is 10.2. The Morgan fingerprint density at radius 2 is 1.52 bits per heavy atom. The number of carbonyl (C=O) groups is 2. The lowest BCUT2D eigenvalue weighted by Gasteiger charge is -2.26. The van der Waals surface area contributed by atoms with Crippen molar-refractivity contribution >= 4 is 11.6 Å². The first kappa shape index (κ1) is 25.2. The van der Waals surface area contributed by atoms with Crippen LogP contribution in [0.25, 0.3) is 11.1 Å². The fourth-order valence-corrected chi connectivity index (χ4v) is 4.82. The van der Waals surface area contributed by atoms with Gasteiger partial charge in [0.2, 0.25) is 0 Å². The van der Waals surface area contributed by atoms with E-state index in [-0.39, 0.29) is 11.6 Å². The van der Waals surface area contributed by atoms with Crippen LogP contribution in [0.15, 0.2) is 48.5 Å². The van der Waals surface area contributed by atoms with Gasteiger partial charge in [0.1, 0.15) is 17.3 Å². The summed E-state index contributed by atoms with van der Waals surface area (Å²) in [4.78, 5) is 25.5. The number of hydrogen-bond donors (Lipinski definition) is 0. The second-order valence-electron chi connectivity index (χ2n) is 9.58. The van der Waals surface area contributed by atoms with Gasteiger partial charge >= 0.3 is 0 Å². The second kappa shape index (κ2) is 13.3. The third-order valence-corrected chi connectivity index (χ3v) is 6.84. The lowest BCUT2D eigenvalue weighted by atomic mass is 9.76. The minimum absolute atomic E-state index is 0.0894. The van der Waals surface area contributed by atoms with Crippen molar-refractivity contribution < 1.29 is 14.3 Å². The van der Waals surface area contributed by atoms with Gasteiger partial charge in [-0.15, -0.1) is 0 Å². The summed E-state index contributed by atoms with van der Waals surface area (Å²) in [6.07, 6.45) is 11.2. The van der Waals surface area contributed by atoms with Crippen LogP contribution >= 0.6 is 0 Å². The molecule has 2 aromatic carbocycles. The Hall–Kier alpha value is -2.42. The molecule has 0 aliphatic heterocycles. The summed E-state index contributed by atoms with van der Waals surface area (Å²) in [5.74, 6) is 1.25. The zero-order valence-corrected chi connectivity index (χ0v) is 20.5. The Bertz CT molecular complexity index is 866. The first-order chi connectivity index (χ1) is 16.1. The van der Waals surface area contributed by atoms with E-state index >= 15 is 0 Å². The van der Waals surface area contributed by atoms with Gasteiger partial charge in [0, 0.05) is 12.8 Å². The molecule has 2 unspecified atom stereocenters. The maximum atomic E-state index is 12.9. The van der Waals surface area contributed by atoms with Crippen molar-refractivity contribution in [1.82, 2.24) is 0 Å². The van der Waals surface area contributed by atoms with Gasteiger partial charge in [0.05, 0.1) is 12.5 Å². The molecule has 0 amide bonds. The summed E-state index contributed by atoms with van der Waals surface area (Å²) in [6.45, 7) is 5.05. The highest BCUT2D eigenvalue weighted by Crippen LogP contribution is 2.31. The van der Waals surface area contributed by atoms with Crippen LogP contribution in [-0.4, -0.2) is 18.2 Å². The number of unbranched alkanes of at least 4 members (excludes halogenated alkanes) is 4. The van der Waals surface area contributed by atoms with Crippen LogP contribution in [0.5, 0.6) is 5.75 Å². The number of ketones is 2. The molecule has 1 fully saturated rings. The van der Waals surface area contributed by atoms with Crippen molar-refractivity contribution in [3.63, 3.8) is 0 Å². The van der Waals surface area contributed by atoms with E-state index in [1.807, 2.05) is 24.3 Å². The molecule has 2 aromatic rings. The highest BCUT2D eigenvalue weighted by Gasteiger charge is 2.32. The van der Waals surface area contributed by atoms with E-state index < -0.39 is 5.92 Å². The molecule has 0 aromatic heterocycles. The van der Waals surface area contributed by atoms with Gasteiger partial charge in [0.25, 0.3) is 0 Å². The van der Waals surface area contributed by atoms with Crippen LogP contribution in [0.4, 0.5) is 0 Å². The average Bonchev–Trinajstić information content (AvgIpc) is 2.83. The lowest BCUT2D eigenvalue weighted by Crippen LogP contribution is -2.32. The van der Waals surface area contributed by atoms with Crippen LogP contribution in [0.1, 0.15) is 83.6 Å². The number of ether oxygens (including phenoxy) is 1. The normalized spacial score (nSPS) is 18.3. The molecule has 33 heavy (non-hydrogen) atoms. The number of benzene rings is 2. The molecule has 0 radical (unpaired) electrons. The average molecular weight is 449 g/mol. The third kappa shape index (κ3) is 7.84. The molecular weight excluding hydrogens is 408 g/mol. The van der Waals surface area contributed by atoms with Crippen LogP contribution in [0.2, 0.25) is 0 Å². The van der Waals surface area contributed by atoms with Gasteiger partial charge in [-0.1, -0.05) is 88.8 Å². The van der Waals surface area contributed by atoms with Crippen molar-refractivity contribution in [3.8, 4) is 16.9 Å². The van der Waals surface area contributed by atoms with E-state index in [0.29, 0.717) is 18.8 Å². The van der Waals surface area contributed by atoms with E-state index in [9.17, 15) is 9.59 Å². The standard InChI is InChI=1S/C30H40O3/c1-3-5-6-7-8-9-23-12-19-28(29(31)21-23)30(32)22-24-10-13-25(14-11-24)26-15-17-27(18-16-26)33-20-4-2/h10-11,13-18,23,28H,3-9,12,19-22H2,1-2H3. The fourth-order valence-electron chi connectivity index (χ4n) is 4.82. The molecule has 0 spiro atoms. The molecule has 3 heteroatoms. The summed E-state index contributed by atoms with van der Waals surface area (Å²) in [5, 5.41) is 0. The number of hydrogen-bond acceptors (Lipinski definition) is 3. The van der Waals surface area contributed by atoms with E-state index in [0.717, 1.165) is 54.7 Å². The molecule has 1 aliphatic rings. The zero-order valence-electron chi connectivity index (χ0n) is 20.5. The molecule has 2 atom stereocenters. The summed E-state index contributed by atoms with van der Waals surface area (Å²) in [7, 11) is 0. The van der Waals surface area contributed by atoms with Gasteiger partial charge in [-0.2, -0.15) is 0 Å². The van der Waals surface area contributed by atoms with Gasteiger partial charge in [0.15, 0.2) is 0 Å². The Morgan fingerprint density at radius 3 is 2.15 bits per heavy atom. The highest BCUT2D eigenvalue weighted by molar-refractivity contribution is 6.03. The van der Waals surface area contributed by atoms with Crippen molar-refractivity contribution in [2.75, 3.05) is 6.61 Å². The summed E-state index contributed by atoms with van der Waals surface area (Å²) in [6, 6.07) is 16.3. The van der Waals surface area contributed by atoms with Crippen molar-refractivity contribution in [2.24, 2.45) is 11.8 Å². The summed E-state index contributed by atoms with van der Waals surface area (Å²) < 4.78 is 5.65. The molecule has 3 rings (SSSR count). The molecule has 1 saturated carbocycles. The van der Waals surface area contributed by atoms with Gasteiger partial charge in [-0.05, 0) is 54.0 Å². The third-order valence-electron chi connectivity index (χ3n) is 6.84. The first-order valence-electron chi connectivity index (χ1n) is 13.0. The maximum absolute atomic E-state index is 12.9. The molecule has 178 valence electrons. The second-order valence-corrected chi connectivity index (χ2v) is 9.58. The molecule has 3 nitrogen and oxygen atoms in total. The molecule has 0 heterocycles. The molecule has 0 N–H and O–H groups in total. The highest BCUT2D eigenvalue weighted by atomic mass is 16.5. The van der Waals surface area contributed by atoms with Crippen LogP contribution < -0.4 is 4.74 Å². The monoisotopic (exact) mass is 448 g/mol. The van der Waals surface area contributed by atoms with Crippen LogP contribution in [0.3, 0.4) is 0 Å². The van der Waals surface area contributed by atoms with Crippen LogP contribution in [-0.2, 0) is 16.0 Å². The van der Waals surface area contributed by atoms with E-state index in [1.54, 1.807) is 0 Å². The number of carbonyl (C=O) groups excluding carboxylic acids is 2. The minimum Gasteiger partial charge on any atom is -0.494 e. The van der Waals surface area contributed by atoms with Crippen LogP contribution in [0, 0.1) is 11.8 Å². The molecule has 0 saturated heterocycles. The van der Waals surface area contributed by atoms with Gasteiger partial charge in [-0.25, -0.2) is 0 Å². The quantitative estimate of drug-likeness (QED) is 0.234. The minimum atomic E-state index is -0.392. The SMILES string of the molecule is CCCCCCCC1CCC(C(=O)Cc2ccc(-c3ccc(OCCC)cc3)cc2)C(=O)C1. The predicted molar refractivity (Wildman–Crippen MR) is 136 cm³/mol. The molecule has 1 aliphatic carbocycles. The Morgan fingerprint density at radius 1 is 0.848 bits per heavy atom. The fraction of sp³-hybridized carbons (Fsp3) is 0.533. The van der Waals surface area contributed by atoms with E-state index in [2.05, 4.69) is 38.1 Å². The van der Waals surface area contributed by atoms with Crippen molar-refractivity contribution in [2.45, 2.75) is 84.5 Å². The summed E-state index contributed by atoms with van der Waals surface area (Å²) in [5.41, 5.74) is 3.22. The van der Waals surface area contributed by atoms with Gasteiger partial charge in [-0.3, -0.25) is 9.59 Å². The van der Waals surface area contributed by atoms with Crippen molar-refractivity contribution in [3.05, 3.63) is 54.1 Å². The zero-order chi connectivity index (χ0) is 23.5. The smallest absolute Gasteiger partial charge is 0.147 e. The topological polar surface area (TPSA) is 43.4 Å². The number of rotatable bonds is 13. The maximum Gasteiger partial charge on any atom is 0.147 e. The largest absolute Gasteiger partial charge is 0.494 e. The Labute approximate surface area is 199 Å². The summed E-state index contributed by atoms with van der Waals surface area (Å²) >= 11 is 0. The number of Topliss-reactive ketones (excluding diaryl/α,β-unsaturated/α-hetero) is 2. The van der Waals surface area contributed by atoms with E-state index in [4.69, 9.17) is 4.74 Å². The molecule has 0 bridgehead atoms. The lowest BCUT2D eigenvalue weighted by molar-refractivity contribution is -0.135. The van der Waals surface area contributed by atoms with Gasteiger partial charge < -0.3 is 4.74 Å². The van der Waals surface area contributed by atoms with E-state index in [1.165, 1.54) is 32.1 Å². The molecular formula is C30H40O3. The predicted octanol–water partition coefficient (Wildman–Crippen LogP) is 7.60. The Balaban J connectivity index is 1.47. The first-order valence-corrected chi connectivity index (χ1v) is 13.0.